The van der Waals surface area contributed by atoms with Gasteiger partial charge in [-0.1, -0.05) is 0 Å². The van der Waals surface area contributed by atoms with Crippen LogP contribution < -0.4 is 5.32 Å². The van der Waals surface area contributed by atoms with Crippen LogP contribution >= 0.6 is 0 Å². The Balaban J connectivity index is 2.57. The molecule has 0 aromatic heterocycles. The van der Waals surface area contributed by atoms with Gasteiger partial charge in [-0.15, -0.1) is 0 Å². The fourth-order valence-corrected chi connectivity index (χ4v) is 0.712. The van der Waals surface area contributed by atoms with Crippen molar-refractivity contribution in [3.8, 4) is 0 Å². The molecule has 1 rings (SSSR count). The molecule has 0 radical (unpaired) electrons. The second-order valence-corrected chi connectivity index (χ2v) is 1.85. The van der Waals surface area contributed by atoms with Crippen LogP contribution in [0.2, 0.25) is 0 Å². The van der Waals surface area contributed by atoms with Gasteiger partial charge in [-0.05, 0) is 13.8 Å². The summed E-state index contributed by atoms with van der Waals surface area (Å²) < 4.78 is 4.58. The van der Waals surface area contributed by atoms with E-state index >= 15 is 0 Å². The molecular weight excluding hydrogens is 118 g/mol. The van der Waals surface area contributed by atoms with Crippen molar-refractivity contribution >= 4 is 5.97 Å². The van der Waals surface area contributed by atoms with Crippen LogP contribution in [-0.4, -0.2) is 12.5 Å². The zero-order valence-corrected chi connectivity index (χ0v) is 5.52. The number of ether oxygens (including phenoxy) is 1. The number of carbonyl (C=O) groups is 1. The van der Waals surface area contributed by atoms with Crippen molar-refractivity contribution in [2.75, 3.05) is 6.54 Å². The normalized spacial score (nSPS) is 16.9. The number of hydrogen-bond acceptors (Lipinski definition) is 3. The Morgan fingerprint density at radius 1 is 1.67 bits per heavy atom. The Morgan fingerprint density at radius 2 is 2.33 bits per heavy atom. The van der Waals surface area contributed by atoms with E-state index in [-0.39, 0.29) is 5.97 Å². The van der Waals surface area contributed by atoms with Gasteiger partial charge in [0.1, 0.15) is 5.76 Å². The maximum absolute atomic E-state index is 10.5. The van der Waals surface area contributed by atoms with Crippen LogP contribution in [0, 0.1) is 0 Å². The van der Waals surface area contributed by atoms with Crippen LogP contribution in [0.5, 0.6) is 0 Å². The van der Waals surface area contributed by atoms with Crippen molar-refractivity contribution in [1.29, 1.82) is 0 Å². The van der Waals surface area contributed by atoms with E-state index in [9.17, 15) is 4.79 Å². The Morgan fingerprint density at radius 3 is 2.56 bits per heavy atom. The molecule has 0 unspecified atom stereocenters. The molecule has 0 fully saturated rings. The first-order chi connectivity index (χ1) is 4.25. The van der Waals surface area contributed by atoms with E-state index in [2.05, 4.69) is 10.1 Å². The number of cyclic esters (lactones) is 1. The summed E-state index contributed by atoms with van der Waals surface area (Å²) in [6.07, 6.45) is 0. The third-order valence-electron chi connectivity index (χ3n) is 1.16. The molecule has 0 spiro atoms. The van der Waals surface area contributed by atoms with Crippen LogP contribution in [0.1, 0.15) is 13.8 Å². The van der Waals surface area contributed by atoms with Gasteiger partial charge in [-0.2, -0.15) is 0 Å². The maximum Gasteiger partial charge on any atom is 0.363 e. The monoisotopic (exact) mass is 127 g/mol. The number of nitrogens with one attached hydrogen (secondary N) is 1. The van der Waals surface area contributed by atoms with Crippen LogP contribution in [-0.2, 0) is 9.53 Å². The average Bonchev–Trinajstić information content (AvgIpc) is 1.84. The van der Waals surface area contributed by atoms with Gasteiger partial charge in [0.25, 0.3) is 0 Å². The quantitative estimate of drug-likeness (QED) is 0.545. The fourth-order valence-electron chi connectivity index (χ4n) is 0.712. The van der Waals surface area contributed by atoms with Crippen LogP contribution in [0.25, 0.3) is 0 Å². The Bertz CT molecular complexity index is 172. The number of esters is 1. The van der Waals surface area contributed by atoms with Crippen molar-refractivity contribution in [2.24, 2.45) is 0 Å². The minimum absolute atomic E-state index is 0.241. The lowest BCUT2D eigenvalue weighted by Gasteiger charge is -2.19. The Kier molecular flexibility index (Phi) is 1.42. The van der Waals surface area contributed by atoms with Gasteiger partial charge in [0.05, 0.1) is 0 Å². The smallest absolute Gasteiger partial charge is 0.363 e. The van der Waals surface area contributed by atoms with Gasteiger partial charge in [-0.25, -0.2) is 4.79 Å². The minimum Gasteiger partial charge on any atom is -0.424 e. The molecule has 3 nitrogen and oxygen atoms in total. The molecule has 50 valence electrons. The zero-order chi connectivity index (χ0) is 6.85. The van der Waals surface area contributed by atoms with Crippen LogP contribution in [0.15, 0.2) is 11.5 Å². The van der Waals surface area contributed by atoms with E-state index in [1.807, 2.05) is 6.92 Å². The molecule has 0 amide bonds. The van der Waals surface area contributed by atoms with E-state index in [4.69, 9.17) is 0 Å². The summed E-state index contributed by atoms with van der Waals surface area (Å²) in [6.45, 7) is 4.47. The standard InChI is InChI=1S/C6H9NO2/c1-3-7-5-4(2)9-6(5)8/h7H,3H2,1-2H3. The highest BCUT2D eigenvalue weighted by molar-refractivity contribution is 5.94. The molecule has 1 aliphatic rings. The largest absolute Gasteiger partial charge is 0.424 e. The molecule has 3 heteroatoms. The number of allylic oxidation sites excluding steroid dienone is 1. The third-order valence-corrected chi connectivity index (χ3v) is 1.16. The molecule has 0 saturated carbocycles. The van der Waals surface area contributed by atoms with E-state index in [1.165, 1.54) is 0 Å². The highest BCUT2D eigenvalue weighted by Crippen LogP contribution is 2.15. The number of hydrogen-bond donors (Lipinski definition) is 1. The lowest BCUT2D eigenvalue weighted by molar-refractivity contribution is -0.141. The Labute approximate surface area is 53.7 Å². The topological polar surface area (TPSA) is 38.3 Å². The summed E-state index contributed by atoms with van der Waals surface area (Å²) in [7, 11) is 0. The molecule has 0 saturated heterocycles. The van der Waals surface area contributed by atoms with Crippen LogP contribution in [0.3, 0.4) is 0 Å². The number of rotatable bonds is 2. The fraction of sp³-hybridized carbons (Fsp3) is 0.500. The van der Waals surface area contributed by atoms with E-state index in [0.717, 1.165) is 6.54 Å². The van der Waals surface area contributed by atoms with E-state index in [0.29, 0.717) is 11.5 Å². The number of carbonyl (C=O) groups excluding carboxylic acids is 1. The highest BCUT2D eigenvalue weighted by atomic mass is 16.6. The second-order valence-electron chi connectivity index (χ2n) is 1.85. The first-order valence-electron chi connectivity index (χ1n) is 2.92. The van der Waals surface area contributed by atoms with Crippen molar-refractivity contribution in [3.63, 3.8) is 0 Å². The van der Waals surface area contributed by atoms with Crippen molar-refractivity contribution in [2.45, 2.75) is 13.8 Å². The van der Waals surface area contributed by atoms with Gasteiger partial charge < -0.3 is 10.1 Å². The molecule has 0 aliphatic carbocycles. The highest BCUT2D eigenvalue weighted by Gasteiger charge is 2.25. The van der Waals surface area contributed by atoms with Gasteiger partial charge >= 0.3 is 5.97 Å². The maximum atomic E-state index is 10.5. The summed E-state index contributed by atoms with van der Waals surface area (Å²) in [5.41, 5.74) is 0.623. The lowest BCUT2D eigenvalue weighted by atomic mass is 10.3. The third kappa shape index (κ3) is 0.896. The first-order valence-corrected chi connectivity index (χ1v) is 2.92. The van der Waals surface area contributed by atoms with Gasteiger partial charge in [-0.3, -0.25) is 0 Å². The molecule has 0 atom stereocenters. The molecule has 1 heterocycles. The average molecular weight is 127 g/mol. The molecule has 0 aromatic rings. The van der Waals surface area contributed by atoms with Gasteiger partial charge in [0, 0.05) is 6.54 Å². The molecule has 1 N–H and O–H groups in total. The summed E-state index contributed by atoms with van der Waals surface area (Å²) in [6, 6.07) is 0. The van der Waals surface area contributed by atoms with E-state index < -0.39 is 0 Å². The van der Waals surface area contributed by atoms with Crippen LogP contribution in [0.4, 0.5) is 0 Å². The molecule has 9 heavy (non-hydrogen) atoms. The minimum atomic E-state index is -0.241. The molecule has 0 aromatic carbocycles. The van der Waals surface area contributed by atoms with Gasteiger partial charge in [0.15, 0.2) is 5.70 Å². The second kappa shape index (κ2) is 2.09. The zero-order valence-electron chi connectivity index (χ0n) is 5.52. The summed E-state index contributed by atoms with van der Waals surface area (Å²) in [5, 5.41) is 2.89. The van der Waals surface area contributed by atoms with Crippen molar-refractivity contribution < 1.29 is 9.53 Å². The first kappa shape index (κ1) is 6.13. The molecule has 1 aliphatic heterocycles. The van der Waals surface area contributed by atoms with Crippen molar-refractivity contribution in [3.05, 3.63) is 11.5 Å². The summed E-state index contributed by atoms with van der Waals surface area (Å²) >= 11 is 0. The molecular formula is C6H9NO2. The predicted octanol–water partition coefficient (Wildman–Crippen LogP) is 0.384. The van der Waals surface area contributed by atoms with E-state index in [1.54, 1.807) is 6.92 Å². The summed E-state index contributed by atoms with van der Waals surface area (Å²) in [5.74, 6) is 0.455. The lowest BCUT2D eigenvalue weighted by Crippen LogP contribution is -2.31. The number of likely N-dealkylation sites (N-methyl/N-ethyl adjacent to an activating group) is 1. The predicted molar refractivity (Wildman–Crippen MR) is 32.5 cm³/mol. The molecule has 0 bridgehead atoms. The summed E-state index contributed by atoms with van der Waals surface area (Å²) in [4.78, 5) is 10.5. The SMILES string of the molecule is CCNC1=C(C)OC1=O. The Hall–Kier alpha value is -0.990. The van der Waals surface area contributed by atoms with Gasteiger partial charge in [0.2, 0.25) is 0 Å². The van der Waals surface area contributed by atoms with Crippen molar-refractivity contribution in [1.82, 2.24) is 5.32 Å².